The van der Waals surface area contributed by atoms with E-state index >= 15 is 0 Å². The molecule has 4 nitrogen and oxygen atoms in total. The highest BCUT2D eigenvalue weighted by molar-refractivity contribution is 8.00. The van der Waals surface area contributed by atoms with Gasteiger partial charge in [-0.15, -0.1) is 11.8 Å². The Morgan fingerprint density at radius 3 is 2.46 bits per heavy atom. The fourth-order valence-corrected chi connectivity index (χ4v) is 3.66. The molecular formula is C21H20N2O2S. The normalized spacial score (nSPS) is 11.6. The van der Waals surface area contributed by atoms with Gasteiger partial charge in [-0.25, -0.2) is 0 Å². The molecule has 1 unspecified atom stereocenters. The van der Waals surface area contributed by atoms with E-state index < -0.39 is 5.25 Å². The number of rotatable bonds is 6. The molecule has 0 aliphatic carbocycles. The van der Waals surface area contributed by atoms with Gasteiger partial charge in [0.2, 0.25) is 5.91 Å². The summed E-state index contributed by atoms with van der Waals surface area (Å²) in [6, 6.07) is 24.6. The summed E-state index contributed by atoms with van der Waals surface area (Å²) in [5, 5.41) is 2.56. The van der Waals surface area contributed by atoms with Crippen LogP contribution in [0.5, 0.6) is 5.75 Å². The number of carbonyl (C=O) groups is 1. The van der Waals surface area contributed by atoms with Gasteiger partial charge in [0.1, 0.15) is 11.0 Å². The number of para-hydroxylation sites is 2. The van der Waals surface area contributed by atoms with Gasteiger partial charge in [-0.05, 0) is 35.9 Å². The topological polar surface area (TPSA) is 64.3 Å². The molecule has 0 bridgehead atoms. The van der Waals surface area contributed by atoms with Gasteiger partial charge in [0.25, 0.3) is 0 Å². The summed E-state index contributed by atoms with van der Waals surface area (Å²) in [6.45, 7) is 0. The van der Waals surface area contributed by atoms with Crippen LogP contribution in [0.2, 0.25) is 0 Å². The molecule has 1 amide bonds. The number of nitrogen functional groups attached to an aromatic ring is 1. The molecule has 0 fully saturated rings. The van der Waals surface area contributed by atoms with E-state index in [9.17, 15) is 4.79 Å². The Morgan fingerprint density at radius 1 is 1.00 bits per heavy atom. The molecule has 5 heteroatoms. The monoisotopic (exact) mass is 364 g/mol. The minimum absolute atomic E-state index is 0.117. The number of benzene rings is 3. The van der Waals surface area contributed by atoms with E-state index in [1.165, 1.54) is 11.8 Å². The van der Waals surface area contributed by atoms with E-state index in [1.807, 2.05) is 78.9 Å². The van der Waals surface area contributed by atoms with Gasteiger partial charge >= 0.3 is 0 Å². The van der Waals surface area contributed by atoms with Gasteiger partial charge in [0.15, 0.2) is 0 Å². The summed E-state index contributed by atoms with van der Waals surface area (Å²) in [5.74, 6) is 0.509. The van der Waals surface area contributed by atoms with E-state index in [1.54, 1.807) is 7.11 Å². The molecule has 3 rings (SSSR count). The fraction of sp³-hybridized carbons (Fsp3) is 0.0952. The maximum Gasteiger partial charge on any atom is 0.242 e. The second kappa shape index (κ2) is 8.45. The molecule has 3 aromatic rings. The maximum atomic E-state index is 13.1. The van der Waals surface area contributed by atoms with E-state index in [0.29, 0.717) is 17.1 Å². The zero-order valence-electron chi connectivity index (χ0n) is 14.4. The summed E-state index contributed by atoms with van der Waals surface area (Å²) in [5.41, 5.74) is 8.12. The Balaban J connectivity index is 1.88. The van der Waals surface area contributed by atoms with Crippen LogP contribution in [0.15, 0.2) is 83.8 Å². The molecule has 1 atom stereocenters. The Morgan fingerprint density at radius 2 is 1.73 bits per heavy atom. The fourth-order valence-electron chi connectivity index (χ4n) is 2.57. The standard InChI is InChI=1S/C21H20N2O2S/c1-25-19-13-6-5-12-18(19)23-21(24)20(15-8-3-2-4-9-15)26-17-11-7-10-16(22)14-17/h2-14,20H,22H2,1H3,(H,23,24). The first-order chi connectivity index (χ1) is 12.7. The maximum absolute atomic E-state index is 13.1. The zero-order valence-corrected chi connectivity index (χ0v) is 15.2. The molecule has 132 valence electrons. The van der Waals surface area contributed by atoms with Gasteiger partial charge in [-0.1, -0.05) is 48.5 Å². The molecule has 0 saturated carbocycles. The lowest BCUT2D eigenvalue weighted by molar-refractivity contribution is -0.115. The molecule has 0 aromatic heterocycles. The van der Waals surface area contributed by atoms with Crippen LogP contribution >= 0.6 is 11.8 Å². The third-order valence-electron chi connectivity index (χ3n) is 3.82. The van der Waals surface area contributed by atoms with Crippen molar-refractivity contribution in [1.82, 2.24) is 0 Å². The molecule has 3 N–H and O–H groups in total. The van der Waals surface area contributed by atoms with Crippen molar-refractivity contribution in [2.45, 2.75) is 10.1 Å². The highest BCUT2D eigenvalue weighted by Gasteiger charge is 2.23. The van der Waals surface area contributed by atoms with Gasteiger partial charge < -0.3 is 15.8 Å². The molecule has 0 aliphatic rings. The van der Waals surface area contributed by atoms with Gasteiger partial charge in [-0.2, -0.15) is 0 Å². The minimum Gasteiger partial charge on any atom is -0.495 e. The SMILES string of the molecule is COc1ccccc1NC(=O)C(Sc1cccc(N)c1)c1ccccc1. The van der Waals surface area contributed by atoms with Crippen LogP contribution in [0.3, 0.4) is 0 Å². The van der Waals surface area contributed by atoms with Crippen LogP contribution in [-0.4, -0.2) is 13.0 Å². The lowest BCUT2D eigenvalue weighted by Gasteiger charge is -2.18. The van der Waals surface area contributed by atoms with Crippen molar-refractivity contribution in [2.24, 2.45) is 0 Å². The number of anilines is 2. The molecule has 0 spiro atoms. The van der Waals surface area contributed by atoms with Crippen LogP contribution < -0.4 is 15.8 Å². The number of amides is 1. The van der Waals surface area contributed by atoms with Crippen LogP contribution in [0.25, 0.3) is 0 Å². The zero-order chi connectivity index (χ0) is 18.4. The van der Waals surface area contributed by atoms with E-state index in [2.05, 4.69) is 5.32 Å². The molecule has 0 radical (unpaired) electrons. The highest BCUT2D eigenvalue weighted by atomic mass is 32.2. The van der Waals surface area contributed by atoms with Gasteiger partial charge in [0, 0.05) is 10.6 Å². The quantitative estimate of drug-likeness (QED) is 0.489. The number of hydrogen-bond acceptors (Lipinski definition) is 4. The van der Waals surface area contributed by atoms with Crippen molar-refractivity contribution in [2.75, 3.05) is 18.2 Å². The van der Waals surface area contributed by atoms with Crippen LogP contribution in [0.1, 0.15) is 10.8 Å². The summed E-state index contributed by atoms with van der Waals surface area (Å²) in [4.78, 5) is 14.0. The second-order valence-electron chi connectivity index (χ2n) is 5.67. The van der Waals surface area contributed by atoms with Crippen molar-refractivity contribution >= 4 is 29.0 Å². The third-order valence-corrected chi connectivity index (χ3v) is 5.07. The summed E-state index contributed by atoms with van der Waals surface area (Å²) < 4.78 is 5.33. The first kappa shape index (κ1) is 17.9. The first-order valence-electron chi connectivity index (χ1n) is 8.18. The summed E-state index contributed by atoms with van der Waals surface area (Å²) >= 11 is 1.46. The lowest BCUT2D eigenvalue weighted by atomic mass is 10.1. The van der Waals surface area contributed by atoms with Gasteiger partial charge in [-0.3, -0.25) is 4.79 Å². The Labute approximate surface area is 157 Å². The second-order valence-corrected chi connectivity index (χ2v) is 6.85. The Kier molecular flexibility index (Phi) is 5.81. The van der Waals surface area contributed by atoms with Crippen molar-refractivity contribution in [1.29, 1.82) is 0 Å². The van der Waals surface area contributed by atoms with E-state index in [0.717, 1.165) is 10.5 Å². The highest BCUT2D eigenvalue weighted by Crippen LogP contribution is 2.37. The number of carbonyl (C=O) groups excluding carboxylic acids is 1. The number of thioether (sulfide) groups is 1. The number of ether oxygens (including phenoxy) is 1. The van der Waals surface area contributed by atoms with Crippen LogP contribution in [-0.2, 0) is 4.79 Å². The number of nitrogens with two attached hydrogens (primary N) is 1. The summed E-state index contributed by atoms with van der Waals surface area (Å²) in [6.07, 6.45) is 0. The average Bonchev–Trinajstić information content (AvgIpc) is 2.67. The Hall–Kier alpha value is -2.92. The number of nitrogens with one attached hydrogen (secondary N) is 1. The van der Waals surface area contributed by atoms with Gasteiger partial charge in [0.05, 0.1) is 12.8 Å². The van der Waals surface area contributed by atoms with Crippen molar-refractivity contribution in [3.63, 3.8) is 0 Å². The third kappa shape index (κ3) is 4.37. The van der Waals surface area contributed by atoms with Crippen molar-refractivity contribution in [3.8, 4) is 5.75 Å². The first-order valence-corrected chi connectivity index (χ1v) is 9.06. The lowest BCUT2D eigenvalue weighted by Crippen LogP contribution is -2.19. The van der Waals surface area contributed by atoms with Crippen LogP contribution in [0, 0.1) is 0 Å². The minimum atomic E-state index is -0.414. The largest absolute Gasteiger partial charge is 0.495 e. The van der Waals surface area contributed by atoms with Crippen LogP contribution in [0.4, 0.5) is 11.4 Å². The molecule has 0 aliphatic heterocycles. The smallest absolute Gasteiger partial charge is 0.242 e. The van der Waals surface area contributed by atoms with Crippen molar-refractivity contribution < 1.29 is 9.53 Å². The van der Waals surface area contributed by atoms with Crippen molar-refractivity contribution in [3.05, 3.63) is 84.4 Å². The number of hydrogen-bond donors (Lipinski definition) is 2. The number of methoxy groups -OCH3 is 1. The molecular weight excluding hydrogens is 344 g/mol. The predicted molar refractivity (Wildman–Crippen MR) is 108 cm³/mol. The molecule has 26 heavy (non-hydrogen) atoms. The molecule has 0 saturated heterocycles. The average molecular weight is 364 g/mol. The predicted octanol–water partition coefficient (Wildman–Crippen LogP) is 4.75. The van der Waals surface area contributed by atoms with E-state index in [4.69, 9.17) is 10.5 Å². The molecule has 3 aromatic carbocycles. The molecule has 0 heterocycles. The van der Waals surface area contributed by atoms with E-state index in [-0.39, 0.29) is 5.91 Å². The summed E-state index contributed by atoms with van der Waals surface area (Å²) in [7, 11) is 1.58. The Bertz CT molecular complexity index is 884.